The van der Waals surface area contributed by atoms with Gasteiger partial charge in [-0.15, -0.1) is 0 Å². The molecular formula is C19H20N2. The molecule has 0 radical (unpaired) electrons. The van der Waals surface area contributed by atoms with Gasteiger partial charge in [0.15, 0.2) is 0 Å². The van der Waals surface area contributed by atoms with E-state index in [1.807, 2.05) is 18.3 Å². The van der Waals surface area contributed by atoms with Crippen molar-refractivity contribution < 1.29 is 0 Å². The second kappa shape index (κ2) is 5.66. The SMILES string of the molecule is CCCC(N)(c1ccccc1)c1ccc2ncccc2c1. The van der Waals surface area contributed by atoms with E-state index in [0.717, 1.165) is 34.9 Å². The lowest BCUT2D eigenvalue weighted by molar-refractivity contribution is 0.485. The van der Waals surface area contributed by atoms with Crippen LogP contribution < -0.4 is 5.73 Å². The molecule has 1 heterocycles. The summed E-state index contributed by atoms with van der Waals surface area (Å²) >= 11 is 0. The van der Waals surface area contributed by atoms with Gasteiger partial charge in [0.2, 0.25) is 0 Å². The minimum absolute atomic E-state index is 0.444. The molecule has 2 nitrogen and oxygen atoms in total. The maximum atomic E-state index is 6.82. The molecule has 2 aromatic carbocycles. The van der Waals surface area contributed by atoms with Crippen molar-refractivity contribution >= 4 is 10.9 Å². The molecule has 21 heavy (non-hydrogen) atoms. The fourth-order valence-corrected chi connectivity index (χ4v) is 2.94. The summed E-state index contributed by atoms with van der Waals surface area (Å²) in [5.74, 6) is 0. The lowest BCUT2D eigenvalue weighted by Crippen LogP contribution is -2.37. The molecule has 1 aromatic heterocycles. The van der Waals surface area contributed by atoms with Gasteiger partial charge in [0.1, 0.15) is 0 Å². The van der Waals surface area contributed by atoms with Crippen LogP contribution in [0.3, 0.4) is 0 Å². The highest BCUT2D eigenvalue weighted by Gasteiger charge is 2.28. The lowest BCUT2D eigenvalue weighted by Gasteiger charge is -2.31. The Labute approximate surface area is 125 Å². The van der Waals surface area contributed by atoms with E-state index in [0.29, 0.717) is 0 Å². The van der Waals surface area contributed by atoms with Crippen LogP contribution in [-0.4, -0.2) is 4.98 Å². The van der Waals surface area contributed by atoms with Gasteiger partial charge in [0, 0.05) is 11.6 Å². The maximum Gasteiger partial charge on any atom is 0.0702 e. The van der Waals surface area contributed by atoms with Crippen molar-refractivity contribution in [1.82, 2.24) is 4.98 Å². The van der Waals surface area contributed by atoms with Crippen LogP contribution in [0.25, 0.3) is 10.9 Å². The fraction of sp³-hybridized carbons (Fsp3) is 0.211. The van der Waals surface area contributed by atoms with E-state index in [4.69, 9.17) is 5.73 Å². The predicted octanol–water partition coefficient (Wildman–Crippen LogP) is 4.24. The van der Waals surface area contributed by atoms with Crippen LogP contribution in [0, 0.1) is 0 Å². The van der Waals surface area contributed by atoms with Gasteiger partial charge in [-0.2, -0.15) is 0 Å². The molecule has 106 valence electrons. The minimum Gasteiger partial charge on any atom is -0.318 e. The van der Waals surface area contributed by atoms with Gasteiger partial charge in [-0.1, -0.05) is 55.8 Å². The highest BCUT2D eigenvalue weighted by atomic mass is 14.7. The molecule has 0 aliphatic rings. The van der Waals surface area contributed by atoms with Crippen LogP contribution in [0.5, 0.6) is 0 Å². The van der Waals surface area contributed by atoms with Crippen molar-refractivity contribution in [3.63, 3.8) is 0 Å². The Balaban J connectivity index is 2.15. The quantitative estimate of drug-likeness (QED) is 0.774. The molecule has 3 rings (SSSR count). The second-order valence-electron chi connectivity index (χ2n) is 5.50. The third-order valence-electron chi connectivity index (χ3n) is 4.05. The summed E-state index contributed by atoms with van der Waals surface area (Å²) in [5.41, 5.74) is 9.70. The number of aromatic nitrogens is 1. The molecule has 0 saturated heterocycles. The van der Waals surface area contributed by atoms with Crippen molar-refractivity contribution in [1.29, 1.82) is 0 Å². The number of fused-ring (bicyclic) bond motifs is 1. The van der Waals surface area contributed by atoms with Gasteiger partial charge in [-0.3, -0.25) is 4.98 Å². The molecule has 3 aromatic rings. The molecule has 2 N–H and O–H groups in total. The van der Waals surface area contributed by atoms with Gasteiger partial charge in [0.05, 0.1) is 11.1 Å². The molecule has 0 amide bonds. The van der Waals surface area contributed by atoms with Gasteiger partial charge < -0.3 is 5.73 Å². The third kappa shape index (κ3) is 2.55. The van der Waals surface area contributed by atoms with Crippen molar-refractivity contribution in [2.24, 2.45) is 5.73 Å². The molecular weight excluding hydrogens is 256 g/mol. The number of nitrogens with zero attached hydrogens (tertiary/aromatic N) is 1. The Morgan fingerprint density at radius 2 is 1.76 bits per heavy atom. The summed E-state index contributed by atoms with van der Waals surface area (Å²) in [6.07, 6.45) is 3.78. The van der Waals surface area contributed by atoms with Crippen LogP contribution >= 0.6 is 0 Å². The third-order valence-corrected chi connectivity index (χ3v) is 4.05. The molecule has 1 atom stereocenters. The summed E-state index contributed by atoms with van der Waals surface area (Å²) in [6, 6.07) is 20.8. The monoisotopic (exact) mass is 276 g/mol. The highest BCUT2D eigenvalue weighted by Crippen LogP contribution is 2.32. The van der Waals surface area contributed by atoms with E-state index in [-0.39, 0.29) is 0 Å². The van der Waals surface area contributed by atoms with Crippen molar-refractivity contribution in [3.05, 3.63) is 78.0 Å². The van der Waals surface area contributed by atoms with Crippen LogP contribution in [0.1, 0.15) is 30.9 Å². The number of benzene rings is 2. The standard InChI is InChI=1S/C19H20N2/c1-2-12-19(20,16-8-4-3-5-9-16)17-10-11-18-15(14-17)7-6-13-21-18/h3-11,13-14H,2,12,20H2,1H3. The Morgan fingerprint density at radius 3 is 2.52 bits per heavy atom. The van der Waals surface area contributed by atoms with Crippen molar-refractivity contribution in [2.75, 3.05) is 0 Å². The minimum atomic E-state index is -0.444. The molecule has 1 unspecified atom stereocenters. The van der Waals surface area contributed by atoms with E-state index in [1.165, 1.54) is 0 Å². The summed E-state index contributed by atoms with van der Waals surface area (Å²) in [6.45, 7) is 2.17. The van der Waals surface area contributed by atoms with Gasteiger partial charge in [0.25, 0.3) is 0 Å². The van der Waals surface area contributed by atoms with Crippen LogP contribution in [-0.2, 0) is 5.54 Å². The molecule has 0 aliphatic carbocycles. The number of hydrogen-bond acceptors (Lipinski definition) is 2. The zero-order chi connectivity index (χ0) is 14.7. The van der Waals surface area contributed by atoms with E-state index in [2.05, 4.69) is 60.4 Å². The Hall–Kier alpha value is -2.19. The summed E-state index contributed by atoms with van der Waals surface area (Å²) in [5, 5.41) is 1.14. The smallest absolute Gasteiger partial charge is 0.0702 e. The largest absolute Gasteiger partial charge is 0.318 e. The predicted molar refractivity (Wildman–Crippen MR) is 88.1 cm³/mol. The summed E-state index contributed by atoms with van der Waals surface area (Å²) in [4.78, 5) is 4.38. The number of hydrogen-bond donors (Lipinski definition) is 1. The van der Waals surface area contributed by atoms with E-state index in [9.17, 15) is 0 Å². The first-order chi connectivity index (χ1) is 10.2. The van der Waals surface area contributed by atoms with Crippen molar-refractivity contribution in [2.45, 2.75) is 25.3 Å². The average Bonchev–Trinajstić information content (AvgIpc) is 2.55. The molecule has 0 aliphatic heterocycles. The first-order valence-corrected chi connectivity index (χ1v) is 7.44. The fourth-order valence-electron chi connectivity index (χ4n) is 2.94. The highest BCUT2D eigenvalue weighted by molar-refractivity contribution is 5.79. The summed E-state index contributed by atoms with van der Waals surface area (Å²) in [7, 11) is 0. The summed E-state index contributed by atoms with van der Waals surface area (Å²) < 4.78 is 0. The lowest BCUT2D eigenvalue weighted by atomic mass is 9.80. The van der Waals surface area contributed by atoms with E-state index >= 15 is 0 Å². The Kier molecular flexibility index (Phi) is 3.72. The first-order valence-electron chi connectivity index (χ1n) is 7.44. The maximum absolute atomic E-state index is 6.82. The number of nitrogens with two attached hydrogens (primary N) is 1. The zero-order valence-electron chi connectivity index (χ0n) is 12.3. The van der Waals surface area contributed by atoms with E-state index in [1.54, 1.807) is 0 Å². The molecule has 0 spiro atoms. The van der Waals surface area contributed by atoms with Crippen LogP contribution in [0.15, 0.2) is 66.9 Å². The van der Waals surface area contributed by atoms with Crippen LogP contribution in [0.4, 0.5) is 0 Å². The van der Waals surface area contributed by atoms with Gasteiger partial charge in [-0.05, 0) is 35.7 Å². The Morgan fingerprint density at radius 1 is 0.952 bits per heavy atom. The zero-order valence-corrected chi connectivity index (χ0v) is 12.3. The molecule has 0 saturated carbocycles. The van der Waals surface area contributed by atoms with Gasteiger partial charge >= 0.3 is 0 Å². The molecule has 0 bridgehead atoms. The molecule has 2 heteroatoms. The first kappa shape index (κ1) is 13.8. The number of pyridine rings is 1. The number of rotatable bonds is 4. The molecule has 0 fully saturated rings. The van der Waals surface area contributed by atoms with Crippen molar-refractivity contribution in [3.8, 4) is 0 Å². The van der Waals surface area contributed by atoms with E-state index < -0.39 is 5.54 Å². The average molecular weight is 276 g/mol. The van der Waals surface area contributed by atoms with Crippen LogP contribution in [0.2, 0.25) is 0 Å². The van der Waals surface area contributed by atoms with Gasteiger partial charge in [-0.25, -0.2) is 0 Å². The Bertz CT molecular complexity index is 737. The second-order valence-corrected chi connectivity index (χ2v) is 5.50. The topological polar surface area (TPSA) is 38.9 Å². The normalized spacial score (nSPS) is 14.0.